The van der Waals surface area contributed by atoms with Gasteiger partial charge in [-0.3, -0.25) is 4.79 Å². The number of aromatic nitrogens is 2. The van der Waals surface area contributed by atoms with Crippen LogP contribution in [0.25, 0.3) is 11.1 Å². The highest BCUT2D eigenvalue weighted by atomic mass is 35.5. The van der Waals surface area contributed by atoms with Gasteiger partial charge in [0.15, 0.2) is 17.3 Å². The normalized spacial score (nSPS) is 10.7. The molecule has 31 heavy (non-hydrogen) atoms. The van der Waals surface area contributed by atoms with E-state index in [1.165, 1.54) is 18.0 Å². The van der Waals surface area contributed by atoms with Crippen LogP contribution in [0.3, 0.4) is 0 Å². The van der Waals surface area contributed by atoms with E-state index in [0.29, 0.717) is 27.8 Å². The van der Waals surface area contributed by atoms with Crippen molar-refractivity contribution in [3.63, 3.8) is 0 Å². The molecule has 0 aliphatic carbocycles. The van der Waals surface area contributed by atoms with Gasteiger partial charge < -0.3 is 14.5 Å². The van der Waals surface area contributed by atoms with Gasteiger partial charge in [0, 0.05) is 11.9 Å². The summed E-state index contributed by atoms with van der Waals surface area (Å²) in [5, 5.41) is 3.22. The van der Waals surface area contributed by atoms with E-state index >= 15 is 0 Å². The topological polar surface area (TPSA) is 94.3 Å². The number of pyridine rings is 1. The van der Waals surface area contributed by atoms with Gasteiger partial charge in [0.2, 0.25) is 0 Å². The molecule has 2 heterocycles. The first-order valence-electron chi connectivity index (χ1n) is 9.24. The van der Waals surface area contributed by atoms with Crippen LogP contribution >= 0.6 is 23.4 Å². The van der Waals surface area contributed by atoms with Crippen molar-refractivity contribution in [3.8, 4) is 0 Å². The Morgan fingerprint density at radius 1 is 1.06 bits per heavy atom. The van der Waals surface area contributed by atoms with E-state index in [0.717, 1.165) is 11.1 Å². The SMILES string of the molecule is O=C(COC(=O)c1ccccc1CSc1nc2ccccc2o1)Nc1cccnc1Cl. The summed E-state index contributed by atoms with van der Waals surface area (Å²) in [7, 11) is 0. The number of anilines is 1. The lowest BCUT2D eigenvalue weighted by atomic mass is 10.1. The zero-order valence-electron chi connectivity index (χ0n) is 16.1. The molecule has 2 aromatic carbocycles. The van der Waals surface area contributed by atoms with Crippen LogP contribution in [-0.2, 0) is 15.3 Å². The Labute approximate surface area is 186 Å². The quantitative estimate of drug-likeness (QED) is 0.240. The molecule has 4 aromatic rings. The van der Waals surface area contributed by atoms with Gasteiger partial charge in [-0.2, -0.15) is 0 Å². The van der Waals surface area contributed by atoms with Crippen molar-refractivity contribution in [2.24, 2.45) is 0 Å². The van der Waals surface area contributed by atoms with E-state index < -0.39 is 18.5 Å². The zero-order valence-corrected chi connectivity index (χ0v) is 17.7. The van der Waals surface area contributed by atoms with Crippen molar-refractivity contribution in [3.05, 3.63) is 83.1 Å². The van der Waals surface area contributed by atoms with Crippen LogP contribution in [-0.4, -0.2) is 28.5 Å². The van der Waals surface area contributed by atoms with Crippen molar-refractivity contribution in [2.45, 2.75) is 11.0 Å². The maximum atomic E-state index is 12.6. The fraction of sp³-hybridized carbons (Fsp3) is 0.0909. The average Bonchev–Trinajstić information content (AvgIpc) is 3.21. The van der Waals surface area contributed by atoms with Gasteiger partial charge >= 0.3 is 5.97 Å². The first-order valence-corrected chi connectivity index (χ1v) is 10.6. The molecule has 0 aliphatic heterocycles. The second-order valence-corrected chi connectivity index (χ2v) is 7.64. The molecule has 0 spiro atoms. The van der Waals surface area contributed by atoms with Crippen LogP contribution < -0.4 is 5.32 Å². The lowest BCUT2D eigenvalue weighted by molar-refractivity contribution is -0.119. The molecule has 4 rings (SSSR count). The number of fused-ring (bicyclic) bond motifs is 1. The minimum atomic E-state index is -0.596. The molecule has 0 radical (unpaired) electrons. The largest absolute Gasteiger partial charge is 0.452 e. The van der Waals surface area contributed by atoms with Gasteiger partial charge in [0.1, 0.15) is 5.52 Å². The van der Waals surface area contributed by atoms with Crippen molar-refractivity contribution >= 4 is 52.0 Å². The van der Waals surface area contributed by atoms with Gasteiger partial charge in [-0.1, -0.05) is 53.7 Å². The highest BCUT2D eigenvalue weighted by Gasteiger charge is 2.16. The summed E-state index contributed by atoms with van der Waals surface area (Å²) in [4.78, 5) is 32.9. The molecule has 0 saturated carbocycles. The number of hydrogen-bond acceptors (Lipinski definition) is 7. The number of rotatable bonds is 7. The van der Waals surface area contributed by atoms with Crippen LogP contribution in [0.2, 0.25) is 5.15 Å². The number of hydrogen-bond donors (Lipinski definition) is 1. The van der Waals surface area contributed by atoms with Crippen LogP contribution in [0.1, 0.15) is 15.9 Å². The Kier molecular flexibility index (Phi) is 6.49. The minimum absolute atomic E-state index is 0.156. The minimum Gasteiger partial charge on any atom is -0.452 e. The third kappa shape index (κ3) is 5.22. The first kappa shape index (κ1) is 20.9. The Bertz CT molecular complexity index is 1210. The van der Waals surface area contributed by atoms with Gasteiger partial charge in [0.05, 0.1) is 11.3 Å². The van der Waals surface area contributed by atoms with Gasteiger partial charge in [-0.15, -0.1) is 0 Å². The van der Waals surface area contributed by atoms with E-state index in [-0.39, 0.29) is 5.15 Å². The smallest absolute Gasteiger partial charge is 0.338 e. The number of benzene rings is 2. The summed E-state index contributed by atoms with van der Waals surface area (Å²) in [6, 6.07) is 17.8. The fourth-order valence-electron chi connectivity index (χ4n) is 2.77. The lowest BCUT2D eigenvalue weighted by Gasteiger charge is -2.10. The number of carbonyl (C=O) groups is 2. The summed E-state index contributed by atoms with van der Waals surface area (Å²) >= 11 is 7.28. The molecular weight excluding hydrogens is 438 g/mol. The maximum Gasteiger partial charge on any atom is 0.338 e. The molecule has 0 aliphatic rings. The molecule has 0 unspecified atom stereocenters. The number of esters is 1. The maximum absolute atomic E-state index is 12.6. The Morgan fingerprint density at radius 2 is 1.87 bits per heavy atom. The number of para-hydroxylation sites is 2. The standard InChI is InChI=1S/C22H16ClN3O4S/c23-20-17(9-5-11-24-20)25-19(27)12-29-21(28)15-7-2-1-6-14(15)13-31-22-26-16-8-3-4-10-18(16)30-22/h1-11H,12-13H2,(H,25,27). The zero-order chi connectivity index (χ0) is 21.6. The number of nitrogens with zero attached hydrogens (tertiary/aromatic N) is 2. The van der Waals surface area contributed by atoms with Crippen LogP contribution in [0.4, 0.5) is 5.69 Å². The highest BCUT2D eigenvalue weighted by molar-refractivity contribution is 7.98. The fourth-order valence-corrected chi connectivity index (χ4v) is 3.78. The molecule has 0 saturated heterocycles. The molecule has 1 N–H and O–H groups in total. The molecule has 2 aromatic heterocycles. The van der Waals surface area contributed by atoms with Gasteiger partial charge in [-0.25, -0.2) is 14.8 Å². The number of thioether (sulfide) groups is 1. The number of halogens is 1. The molecule has 156 valence electrons. The van der Waals surface area contributed by atoms with Gasteiger partial charge in [0.25, 0.3) is 11.1 Å². The van der Waals surface area contributed by atoms with E-state index in [4.69, 9.17) is 20.8 Å². The molecule has 1 amide bonds. The summed E-state index contributed by atoms with van der Waals surface area (Å²) < 4.78 is 10.9. The van der Waals surface area contributed by atoms with Gasteiger partial charge in [-0.05, 0) is 35.9 Å². The van der Waals surface area contributed by atoms with Crippen molar-refractivity contribution in [2.75, 3.05) is 11.9 Å². The predicted molar refractivity (Wildman–Crippen MR) is 118 cm³/mol. The number of nitrogens with one attached hydrogen (secondary N) is 1. The van der Waals surface area contributed by atoms with Crippen LogP contribution in [0.5, 0.6) is 0 Å². The highest BCUT2D eigenvalue weighted by Crippen LogP contribution is 2.27. The Hall–Kier alpha value is -3.36. The number of carbonyl (C=O) groups excluding carboxylic acids is 2. The molecular formula is C22H16ClN3O4S. The Morgan fingerprint density at radius 3 is 2.71 bits per heavy atom. The first-order chi connectivity index (χ1) is 15.1. The summed E-state index contributed by atoms with van der Waals surface area (Å²) in [6.07, 6.45) is 1.51. The predicted octanol–water partition coefficient (Wildman–Crippen LogP) is 4.96. The van der Waals surface area contributed by atoms with E-state index in [9.17, 15) is 9.59 Å². The summed E-state index contributed by atoms with van der Waals surface area (Å²) in [5.41, 5.74) is 2.95. The van der Waals surface area contributed by atoms with Crippen molar-refractivity contribution in [1.82, 2.24) is 9.97 Å². The average molecular weight is 454 g/mol. The molecule has 0 fully saturated rings. The van der Waals surface area contributed by atoms with E-state index in [2.05, 4.69) is 15.3 Å². The monoisotopic (exact) mass is 453 g/mol. The molecule has 0 bridgehead atoms. The summed E-state index contributed by atoms with van der Waals surface area (Å²) in [5.74, 6) is -0.655. The lowest BCUT2D eigenvalue weighted by Crippen LogP contribution is -2.21. The van der Waals surface area contributed by atoms with E-state index in [1.54, 1.807) is 24.3 Å². The van der Waals surface area contributed by atoms with Crippen molar-refractivity contribution in [1.29, 1.82) is 0 Å². The third-order valence-corrected chi connectivity index (χ3v) is 5.41. The molecule has 7 nitrogen and oxygen atoms in total. The molecule has 0 atom stereocenters. The number of oxazole rings is 1. The second kappa shape index (κ2) is 9.63. The second-order valence-electron chi connectivity index (χ2n) is 6.36. The van der Waals surface area contributed by atoms with E-state index in [1.807, 2.05) is 36.4 Å². The van der Waals surface area contributed by atoms with Crippen LogP contribution in [0.15, 0.2) is 76.5 Å². The third-order valence-electron chi connectivity index (χ3n) is 4.23. The van der Waals surface area contributed by atoms with Crippen molar-refractivity contribution < 1.29 is 18.7 Å². The number of ether oxygens (including phenoxy) is 1. The molecule has 9 heteroatoms. The number of amides is 1. The Balaban J connectivity index is 1.37. The summed E-state index contributed by atoms with van der Waals surface area (Å²) in [6.45, 7) is -0.448. The van der Waals surface area contributed by atoms with Crippen LogP contribution in [0, 0.1) is 0 Å².